The summed E-state index contributed by atoms with van der Waals surface area (Å²) >= 11 is 0. The number of benzene rings is 1. The van der Waals surface area contributed by atoms with Gasteiger partial charge >= 0.3 is 0 Å². The van der Waals surface area contributed by atoms with Gasteiger partial charge in [-0.25, -0.2) is 0 Å². The molecule has 0 spiro atoms. The number of aryl methyl sites for hydroxylation is 1. The first kappa shape index (κ1) is 19.9. The smallest absolute Gasteiger partial charge is 0.255 e. The van der Waals surface area contributed by atoms with Gasteiger partial charge in [-0.1, -0.05) is 12.1 Å². The van der Waals surface area contributed by atoms with Crippen molar-refractivity contribution in [2.45, 2.75) is 51.5 Å². The van der Waals surface area contributed by atoms with Crippen LogP contribution in [0.4, 0.5) is 0 Å². The molecule has 5 rings (SSSR count). The Bertz CT molecular complexity index is 1080. The van der Waals surface area contributed by atoms with Crippen LogP contribution < -0.4 is 16.0 Å². The third-order valence-electron chi connectivity index (χ3n) is 6.49. The number of nitrogens with zero attached hydrogens (tertiary/aromatic N) is 3. The zero-order valence-corrected chi connectivity index (χ0v) is 17.5. The number of hydrogen-bond donors (Lipinski definition) is 3. The fraction of sp³-hybridized carbons (Fsp3) is 0.455. The molecule has 1 fully saturated rings. The van der Waals surface area contributed by atoms with E-state index in [-0.39, 0.29) is 24.1 Å². The van der Waals surface area contributed by atoms with Gasteiger partial charge in [0, 0.05) is 69.4 Å². The number of rotatable bonds is 5. The molecule has 0 bridgehead atoms. The predicted molar refractivity (Wildman–Crippen MR) is 112 cm³/mol. The molecule has 31 heavy (non-hydrogen) atoms. The lowest BCUT2D eigenvalue weighted by atomic mass is 10.0. The Balaban J connectivity index is 1.29. The second kappa shape index (κ2) is 7.90. The van der Waals surface area contributed by atoms with Crippen LogP contribution in [-0.2, 0) is 49.2 Å². The van der Waals surface area contributed by atoms with Crippen LogP contribution in [0.2, 0.25) is 0 Å². The number of carbonyl (C=O) groups is 3. The molecule has 162 valence electrons. The Hall–Kier alpha value is -3.04. The van der Waals surface area contributed by atoms with E-state index < -0.39 is 6.04 Å². The highest BCUT2D eigenvalue weighted by Crippen LogP contribution is 2.30. The van der Waals surface area contributed by atoms with E-state index in [2.05, 4.69) is 21.0 Å². The fourth-order valence-corrected chi connectivity index (χ4v) is 4.87. The first-order valence-electron chi connectivity index (χ1n) is 10.7. The average Bonchev–Trinajstić information content (AvgIpc) is 3.26. The number of fused-ring (bicyclic) bond motifs is 2. The number of carbonyl (C=O) groups excluding carboxylic acids is 3. The molecule has 1 aromatic carbocycles. The summed E-state index contributed by atoms with van der Waals surface area (Å²) in [7, 11) is 1.99. The lowest BCUT2D eigenvalue weighted by Crippen LogP contribution is -2.52. The molecule has 1 aromatic heterocycles. The summed E-state index contributed by atoms with van der Waals surface area (Å²) in [6.07, 6.45) is 1.62. The van der Waals surface area contributed by atoms with Crippen LogP contribution in [0.3, 0.4) is 0 Å². The third-order valence-corrected chi connectivity index (χ3v) is 6.49. The number of piperidine rings is 1. The van der Waals surface area contributed by atoms with E-state index in [1.54, 1.807) is 4.90 Å². The van der Waals surface area contributed by atoms with Gasteiger partial charge in [-0.2, -0.15) is 5.10 Å². The summed E-state index contributed by atoms with van der Waals surface area (Å²) in [6, 6.07) is 5.12. The molecule has 3 amide bonds. The minimum absolute atomic E-state index is 0.142. The Labute approximate surface area is 180 Å². The monoisotopic (exact) mass is 422 g/mol. The first-order chi connectivity index (χ1) is 15.0. The van der Waals surface area contributed by atoms with E-state index in [1.165, 1.54) is 11.3 Å². The molecule has 1 atom stereocenters. The van der Waals surface area contributed by atoms with Crippen LogP contribution in [0.1, 0.15) is 51.3 Å². The maximum atomic E-state index is 13.0. The summed E-state index contributed by atoms with van der Waals surface area (Å²) in [5, 5.41) is 13.9. The van der Waals surface area contributed by atoms with E-state index in [4.69, 9.17) is 0 Å². The van der Waals surface area contributed by atoms with E-state index in [1.807, 2.05) is 29.9 Å². The molecule has 1 unspecified atom stereocenters. The summed E-state index contributed by atoms with van der Waals surface area (Å²) in [6.45, 7) is 3.47. The van der Waals surface area contributed by atoms with Crippen molar-refractivity contribution in [3.63, 3.8) is 0 Å². The van der Waals surface area contributed by atoms with Gasteiger partial charge in [-0.15, -0.1) is 0 Å². The summed E-state index contributed by atoms with van der Waals surface area (Å²) in [4.78, 5) is 38.3. The SMILES string of the molecule is Cn1nc(CNCc2cccc3c2CN(C2CCC(=O)NC2=O)C3=O)c2c1CCNC2. The van der Waals surface area contributed by atoms with Crippen molar-refractivity contribution in [3.8, 4) is 0 Å². The number of aromatic nitrogens is 2. The van der Waals surface area contributed by atoms with Crippen LogP contribution in [-0.4, -0.2) is 45.0 Å². The molecule has 0 saturated carbocycles. The van der Waals surface area contributed by atoms with E-state index in [9.17, 15) is 14.4 Å². The maximum Gasteiger partial charge on any atom is 0.255 e. The Kier molecular flexibility index (Phi) is 5.07. The van der Waals surface area contributed by atoms with Crippen LogP contribution >= 0.6 is 0 Å². The molecule has 9 nitrogen and oxygen atoms in total. The van der Waals surface area contributed by atoms with Gasteiger partial charge in [0.25, 0.3) is 5.91 Å². The van der Waals surface area contributed by atoms with Crippen molar-refractivity contribution in [3.05, 3.63) is 51.8 Å². The number of amides is 3. The minimum atomic E-state index is -0.592. The van der Waals surface area contributed by atoms with Crippen molar-refractivity contribution in [2.75, 3.05) is 6.54 Å². The average molecular weight is 422 g/mol. The molecule has 3 aliphatic rings. The Morgan fingerprint density at radius 3 is 2.87 bits per heavy atom. The fourth-order valence-electron chi connectivity index (χ4n) is 4.87. The van der Waals surface area contributed by atoms with Gasteiger partial charge in [-0.05, 0) is 23.6 Å². The van der Waals surface area contributed by atoms with Gasteiger partial charge in [0.2, 0.25) is 11.8 Å². The van der Waals surface area contributed by atoms with Gasteiger partial charge in [0.1, 0.15) is 6.04 Å². The highest BCUT2D eigenvalue weighted by atomic mass is 16.2. The predicted octanol–water partition coefficient (Wildman–Crippen LogP) is 0.117. The topological polar surface area (TPSA) is 108 Å². The van der Waals surface area contributed by atoms with E-state index >= 15 is 0 Å². The van der Waals surface area contributed by atoms with Crippen molar-refractivity contribution in [2.24, 2.45) is 7.05 Å². The van der Waals surface area contributed by atoms with Gasteiger partial charge in [-0.3, -0.25) is 24.4 Å². The highest BCUT2D eigenvalue weighted by Gasteiger charge is 2.39. The van der Waals surface area contributed by atoms with Gasteiger partial charge in [0.15, 0.2) is 0 Å². The quantitative estimate of drug-likeness (QED) is 0.591. The normalized spacial score (nSPS) is 20.6. The lowest BCUT2D eigenvalue weighted by molar-refractivity contribution is -0.136. The Morgan fingerprint density at radius 2 is 2.03 bits per heavy atom. The summed E-state index contributed by atoms with van der Waals surface area (Å²) in [5.41, 5.74) is 6.26. The summed E-state index contributed by atoms with van der Waals surface area (Å²) in [5.74, 6) is -0.802. The third kappa shape index (κ3) is 3.53. The second-order valence-electron chi connectivity index (χ2n) is 8.37. The first-order valence-corrected chi connectivity index (χ1v) is 10.7. The van der Waals surface area contributed by atoms with Gasteiger partial charge < -0.3 is 15.5 Å². The number of nitrogens with one attached hydrogen (secondary N) is 3. The molecule has 9 heteroatoms. The molecule has 0 radical (unpaired) electrons. The molecular formula is C22H26N6O3. The zero-order chi connectivity index (χ0) is 21.5. The van der Waals surface area contributed by atoms with Crippen LogP contribution in [0.5, 0.6) is 0 Å². The molecule has 3 N–H and O–H groups in total. The molecule has 1 saturated heterocycles. The van der Waals surface area contributed by atoms with E-state index in [0.717, 1.165) is 36.3 Å². The minimum Gasteiger partial charge on any atom is -0.322 e. The molecule has 3 aliphatic heterocycles. The van der Waals surface area contributed by atoms with Crippen LogP contribution in [0, 0.1) is 0 Å². The van der Waals surface area contributed by atoms with Gasteiger partial charge in [0.05, 0.1) is 5.69 Å². The van der Waals surface area contributed by atoms with Crippen molar-refractivity contribution in [1.29, 1.82) is 0 Å². The molecule has 2 aromatic rings. The number of hydrogen-bond acceptors (Lipinski definition) is 6. The van der Waals surface area contributed by atoms with Crippen molar-refractivity contribution in [1.82, 2.24) is 30.6 Å². The Morgan fingerprint density at radius 1 is 1.16 bits per heavy atom. The van der Waals surface area contributed by atoms with Crippen LogP contribution in [0.25, 0.3) is 0 Å². The summed E-state index contributed by atoms with van der Waals surface area (Å²) < 4.78 is 1.98. The second-order valence-corrected chi connectivity index (χ2v) is 8.37. The van der Waals surface area contributed by atoms with Crippen LogP contribution in [0.15, 0.2) is 18.2 Å². The number of imide groups is 1. The zero-order valence-electron chi connectivity index (χ0n) is 17.5. The molecule has 4 heterocycles. The molecular weight excluding hydrogens is 396 g/mol. The van der Waals surface area contributed by atoms with Crippen molar-refractivity contribution >= 4 is 17.7 Å². The van der Waals surface area contributed by atoms with E-state index in [0.29, 0.717) is 31.6 Å². The highest BCUT2D eigenvalue weighted by molar-refractivity contribution is 6.05. The molecule has 0 aliphatic carbocycles. The maximum absolute atomic E-state index is 13.0. The lowest BCUT2D eigenvalue weighted by Gasteiger charge is -2.29. The van der Waals surface area contributed by atoms with Crippen molar-refractivity contribution < 1.29 is 14.4 Å². The largest absolute Gasteiger partial charge is 0.322 e. The standard InChI is InChI=1S/C22H26N6O3/c1-27-18-7-8-23-10-15(18)17(26-27)11-24-9-13-3-2-4-14-16(13)12-28(22(14)31)19-5-6-20(29)25-21(19)30/h2-4,19,23-24H,5-12H2,1H3,(H,25,29,30).